The highest BCUT2D eigenvalue weighted by molar-refractivity contribution is 5.99. The van der Waals surface area contributed by atoms with Gasteiger partial charge in [0.25, 0.3) is 0 Å². The normalized spacial score (nSPS) is 10.9. The number of hydrogen-bond acceptors (Lipinski definition) is 3. The largest absolute Gasteiger partial charge is 0.508 e. The third-order valence-corrected chi connectivity index (χ3v) is 5.05. The van der Waals surface area contributed by atoms with Crippen LogP contribution in [-0.4, -0.2) is 21.3 Å². The fourth-order valence-electron chi connectivity index (χ4n) is 3.54. The Morgan fingerprint density at radius 2 is 1.42 bits per heavy atom. The number of carbonyl (C=O) groups is 1. The highest BCUT2D eigenvalue weighted by Gasteiger charge is 2.15. The van der Waals surface area contributed by atoms with Crippen LogP contribution in [0.2, 0.25) is 0 Å². The molecule has 0 radical (unpaired) electrons. The molecular weight excluding hydrogens is 388 g/mol. The van der Waals surface area contributed by atoms with Crippen molar-refractivity contribution in [2.24, 2.45) is 0 Å². The van der Waals surface area contributed by atoms with E-state index in [1.807, 2.05) is 48.5 Å². The first-order chi connectivity index (χ1) is 15.0. The van der Waals surface area contributed by atoms with E-state index in [1.54, 1.807) is 30.3 Å². The number of hydrogen-bond donors (Lipinski definition) is 3. The van der Waals surface area contributed by atoms with Crippen molar-refractivity contribution in [3.05, 3.63) is 101 Å². The van der Waals surface area contributed by atoms with E-state index in [1.165, 1.54) is 0 Å². The molecule has 0 heterocycles. The Kier molecular flexibility index (Phi) is 7.28. The Morgan fingerprint density at radius 3 is 1.94 bits per heavy atom. The highest BCUT2D eigenvalue weighted by Crippen LogP contribution is 2.36. The number of benzene rings is 3. The molecule has 3 aromatic carbocycles. The maximum atomic E-state index is 10.9. The van der Waals surface area contributed by atoms with Gasteiger partial charge in [0.2, 0.25) is 0 Å². The van der Waals surface area contributed by atoms with Gasteiger partial charge < -0.3 is 15.3 Å². The quantitative estimate of drug-likeness (QED) is 0.297. The molecule has 0 aliphatic carbocycles. The van der Waals surface area contributed by atoms with E-state index < -0.39 is 5.97 Å². The topological polar surface area (TPSA) is 77.8 Å². The summed E-state index contributed by atoms with van der Waals surface area (Å²) in [6.07, 6.45) is 5.57. The Bertz CT molecular complexity index is 1040. The van der Waals surface area contributed by atoms with E-state index in [2.05, 4.69) is 6.92 Å². The number of aromatic hydroxyl groups is 2. The van der Waals surface area contributed by atoms with Crippen LogP contribution in [0.25, 0.3) is 17.2 Å². The van der Waals surface area contributed by atoms with Crippen LogP contribution >= 0.6 is 0 Å². The number of phenols is 2. The minimum Gasteiger partial charge on any atom is -0.508 e. The molecule has 158 valence electrons. The van der Waals surface area contributed by atoms with Crippen molar-refractivity contribution in [2.45, 2.75) is 26.2 Å². The Balaban J connectivity index is 2.24. The van der Waals surface area contributed by atoms with E-state index in [-0.39, 0.29) is 11.5 Å². The van der Waals surface area contributed by atoms with Crippen molar-refractivity contribution in [1.82, 2.24) is 0 Å². The Morgan fingerprint density at radius 1 is 0.839 bits per heavy atom. The van der Waals surface area contributed by atoms with Gasteiger partial charge in [-0.15, -0.1) is 0 Å². The molecule has 4 nitrogen and oxygen atoms in total. The second-order valence-electron chi connectivity index (χ2n) is 7.35. The molecule has 4 heteroatoms. The molecular formula is C27H26O4. The standard InChI is InChI=1S/C27H26O4/c1-2-3-7-25(22-6-4-5-19(18-22)8-17-26(30)31)27(20-9-13-23(28)14-10-20)21-11-15-24(29)16-12-21/h4-6,8-18,28-29H,2-3,7H2,1H3,(H,30,31)/b17-8+. The predicted molar refractivity (Wildman–Crippen MR) is 125 cm³/mol. The molecule has 0 spiro atoms. The van der Waals surface area contributed by atoms with Crippen LogP contribution in [0.1, 0.15) is 48.4 Å². The first kappa shape index (κ1) is 21.9. The summed E-state index contributed by atoms with van der Waals surface area (Å²) in [4.78, 5) is 10.9. The van der Waals surface area contributed by atoms with E-state index >= 15 is 0 Å². The lowest BCUT2D eigenvalue weighted by atomic mass is 9.86. The number of rotatable bonds is 8. The molecule has 31 heavy (non-hydrogen) atoms. The summed E-state index contributed by atoms with van der Waals surface area (Å²) >= 11 is 0. The number of carboxylic acid groups (broad SMARTS) is 1. The molecule has 0 atom stereocenters. The number of unbranched alkanes of at least 4 members (excludes halogenated alkanes) is 1. The van der Waals surface area contributed by atoms with E-state index in [0.29, 0.717) is 0 Å². The second-order valence-corrected chi connectivity index (χ2v) is 7.35. The zero-order chi connectivity index (χ0) is 22.2. The number of allylic oxidation sites excluding steroid dienone is 1. The molecule has 0 saturated carbocycles. The smallest absolute Gasteiger partial charge is 0.328 e. The van der Waals surface area contributed by atoms with Gasteiger partial charge in [0.1, 0.15) is 11.5 Å². The van der Waals surface area contributed by atoms with Gasteiger partial charge in [0, 0.05) is 6.08 Å². The van der Waals surface area contributed by atoms with Crippen LogP contribution in [0.3, 0.4) is 0 Å². The van der Waals surface area contributed by atoms with Crippen molar-refractivity contribution < 1.29 is 20.1 Å². The molecule has 0 aromatic heterocycles. The Hall–Kier alpha value is -3.79. The summed E-state index contributed by atoms with van der Waals surface area (Å²) in [5, 5.41) is 28.5. The fourth-order valence-corrected chi connectivity index (χ4v) is 3.54. The molecule has 3 N–H and O–H groups in total. The average molecular weight is 415 g/mol. The van der Waals surface area contributed by atoms with Crippen molar-refractivity contribution in [2.75, 3.05) is 0 Å². The van der Waals surface area contributed by atoms with Gasteiger partial charge in [0.05, 0.1) is 0 Å². The molecule has 0 fully saturated rings. The maximum absolute atomic E-state index is 10.9. The van der Waals surface area contributed by atoms with Crippen LogP contribution < -0.4 is 0 Å². The van der Waals surface area contributed by atoms with Crippen LogP contribution in [0.15, 0.2) is 78.9 Å². The van der Waals surface area contributed by atoms with Gasteiger partial charge in [-0.3, -0.25) is 0 Å². The van der Waals surface area contributed by atoms with Crippen LogP contribution in [0, 0.1) is 0 Å². The second kappa shape index (κ2) is 10.3. The van der Waals surface area contributed by atoms with Crippen molar-refractivity contribution in [3.63, 3.8) is 0 Å². The lowest BCUT2D eigenvalue weighted by Gasteiger charge is -2.18. The molecule has 0 aliphatic heterocycles. The molecule has 3 rings (SSSR count). The van der Waals surface area contributed by atoms with Crippen LogP contribution in [-0.2, 0) is 4.79 Å². The predicted octanol–water partition coefficient (Wildman–Crippen LogP) is 6.34. The molecule has 0 bridgehead atoms. The third kappa shape index (κ3) is 5.86. The number of carboxylic acids is 1. The summed E-state index contributed by atoms with van der Waals surface area (Å²) < 4.78 is 0. The van der Waals surface area contributed by atoms with Gasteiger partial charge in [0.15, 0.2) is 0 Å². The fraction of sp³-hybridized carbons (Fsp3) is 0.148. The zero-order valence-electron chi connectivity index (χ0n) is 17.5. The van der Waals surface area contributed by atoms with E-state index in [4.69, 9.17) is 5.11 Å². The average Bonchev–Trinajstić information content (AvgIpc) is 2.77. The molecule has 0 amide bonds. The monoisotopic (exact) mass is 414 g/mol. The highest BCUT2D eigenvalue weighted by atomic mass is 16.4. The van der Waals surface area contributed by atoms with Crippen molar-refractivity contribution in [1.29, 1.82) is 0 Å². The lowest BCUT2D eigenvalue weighted by Crippen LogP contribution is -1.96. The van der Waals surface area contributed by atoms with Gasteiger partial charge in [-0.2, -0.15) is 0 Å². The first-order valence-corrected chi connectivity index (χ1v) is 10.3. The summed E-state index contributed by atoms with van der Waals surface area (Å²) in [6.45, 7) is 2.14. The van der Waals surface area contributed by atoms with Crippen molar-refractivity contribution >= 4 is 23.2 Å². The molecule has 0 unspecified atom stereocenters. The van der Waals surface area contributed by atoms with E-state index in [9.17, 15) is 15.0 Å². The molecule has 0 aliphatic rings. The van der Waals surface area contributed by atoms with Crippen LogP contribution in [0.4, 0.5) is 0 Å². The summed E-state index contributed by atoms with van der Waals surface area (Å²) in [5.41, 5.74) is 5.89. The first-order valence-electron chi connectivity index (χ1n) is 10.3. The third-order valence-electron chi connectivity index (χ3n) is 5.05. The lowest BCUT2D eigenvalue weighted by molar-refractivity contribution is -0.131. The minimum absolute atomic E-state index is 0.199. The number of phenolic OH excluding ortho intramolecular Hbond substituents is 2. The molecule has 0 saturated heterocycles. The maximum Gasteiger partial charge on any atom is 0.328 e. The van der Waals surface area contributed by atoms with Crippen molar-refractivity contribution in [3.8, 4) is 11.5 Å². The Labute approximate surface area is 182 Å². The minimum atomic E-state index is -0.985. The summed E-state index contributed by atoms with van der Waals surface area (Å²) in [7, 11) is 0. The van der Waals surface area contributed by atoms with Gasteiger partial charge in [-0.1, -0.05) is 55.8 Å². The van der Waals surface area contributed by atoms with E-state index in [0.717, 1.165) is 58.7 Å². The SMILES string of the molecule is CCCCC(=C(c1ccc(O)cc1)c1ccc(O)cc1)c1cccc(/C=C/C(=O)O)c1. The van der Waals surface area contributed by atoms with Gasteiger partial charge >= 0.3 is 5.97 Å². The zero-order valence-corrected chi connectivity index (χ0v) is 17.5. The summed E-state index contributed by atoms with van der Waals surface area (Å²) in [5.74, 6) is -0.588. The molecule has 3 aromatic rings. The van der Waals surface area contributed by atoms with Gasteiger partial charge in [-0.25, -0.2) is 4.79 Å². The summed E-state index contributed by atoms with van der Waals surface area (Å²) in [6, 6.07) is 22.0. The number of aliphatic carboxylic acids is 1. The van der Waals surface area contributed by atoms with Crippen LogP contribution in [0.5, 0.6) is 11.5 Å². The van der Waals surface area contributed by atoms with Gasteiger partial charge in [-0.05, 0) is 82.6 Å².